The lowest BCUT2D eigenvalue weighted by Crippen LogP contribution is -2.16. The molecule has 0 aliphatic carbocycles. The first kappa shape index (κ1) is 12.3. The van der Waals surface area contributed by atoms with E-state index in [1.165, 1.54) is 38.5 Å². The molecule has 2 N–H and O–H groups in total. The highest BCUT2D eigenvalue weighted by Crippen LogP contribution is 2.17. The van der Waals surface area contributed by atoms with E-state index in [0.717, 1.165) is 0 Å². The number of sulfonamides is 1. The van der Waals surface area contributed by atoms with Crippen molar-refractivity contribution in [2.45, 2.75) is 4.90 Å². The maximum Gasteiger partial charge on any atom is 0.297 e. The van der Waals surface area contributed by atoms with E-state index in [2.05, 4.69) is 9.13 Å². The Balaban J connectivity index is 3.08. The summed E-state index contributed by atoms with van der Waals surface area (Å²) in [5.41, 5.74) is 5.18. The number of nitrogens with two attached hydrogens (primary N) is 1. The summed E-state index contributed by atoms with van der Waals surface area (Å²) < 4.78 is 35.9. The average Bonchev–Trinajstić information content (AvgIpc) is 2.28. The smallest absolute Gasteiger partial charge is 0.297 e. The van der Waals surface area contributed by atoms with Gasteiger partial charge in [0.05, 0.1) is 19.1 Å². The fourth-order valence-corrected chi connectivity index (χ4v) is 1.85. The third-order valence-electron chi connectivity index (χ3n) is 1.78. The van der Waals surface area contributed by atoms with Crippen molar-refractivity contribution >= 4 is 16.0 Å². The van der Waals surface area contributed by atoms with Crippen molar-refractivity contribution < 1.29 is 17.9 Å². The van der Waals surface area contributed by atoms with E-state index < -0.39 is 16.0 Å². The molecule has 0 fully saturated rings. The zero-order valence-electron chi connectivity index (χ0n) is 8.88. The van der Waals surface area contributed by atoms with Gasteiger partial charge in [0.25, 0.3) is 16.0 Å². The second-order valence-electron chi connectivity index (χ2n) is 2.78. The molecule has 1 aromatic carbocycles. The van der Waals surface area contributed by atoms with E-state index in [9.17, 15) is 8.42 Å². The molecule has 0 unspecified atom stereocenters. The maximum absolute atomic E-state index is 11.6. The van der Waals surface area contributed by atoms with Crippen LogP contribution in [0.3, 0.4) is 0 Å². The van der Waals surface area contributed by atoms with Crippen LogP contribution in [0.25, 0.3) is 0 Å². The molecule has 7 heteroatoms. The Morgan fingerprint density at radius 1 is 1.25 bits per heavy atom. The first-order chi connectivity index (χ1) is 7.49. The lowest BCUT2D eigenvalue weighted by atomic mass is 10.3. The summed E-state index contributed by atoms with van der Waals surface area (Å²) in [6.07, 6.45) is 0. The lowest BCUT2D eigenvalue weighted by molar-refractivity contribution is 0.397. The number of amidine groups is 1. The van der Waals surface area contributed by atoms with E-state index in [4.69, 9.17) is 10.5 Å². The Bertz CT molecular complexity index is 479. The van der Waals surface area contributed by atoms with Crippen LogP contribution in [0.15, 0.2) is 33.6 Å². The summed E-state index contributed by atoms with van der Waals surface area (Å²) in [4.78, 5) is 0.0216. The summed E-state index contributed by atoms with van der Waals surface area (Å²) in [6.45, 7) is 0. The number of methoxy groups -OCH3 is 2. The van der Waals surface area contributed by atoms with Crippen molar-refractivity contribution in [2.75, 3.05) is 14.2 Å². The van der Waals surface area contributed by atoms with E-state index in [1.54, 1.807) is 0 Å². The molecule has 0 bridgehead atoms. The molecule has 1 aromatic rings. The third kappa shape index (κ3) is 2.86. The topological polar surface area (TPSA) is 91.0 Å². The molecule has 88 valence electrons. The predicted octanol–water partition coefficient (Wildman–Crippen LogP) is 0.345. The number of hydrogen-bond donors (Lipinski definition) is 1. The zero-order chi connectivity index (χ0) is 12.2. The molecule has 0 aliphatic heterocycles. The second-order valence-corrected chi connectivity index (χ2v) is 4.39. The van der Waals surface area contributed by atoms with Crippen molar-refractivity contribution in [3.8, 4) is 5.75 Å². The van der Waals surface area contributed by atoms with E-state index in [1.807, 2.05) is 0 Å². The van der Waals surface area contributed by atoms with Crippen LogP contribution in [0.2, 0.25) is 0 Å². The monoisotopic (exact) mass is 244 g/mol. The van der Waals surface area contributed by atoms with Gasteiger partial charge in [-0.3, -0.25) is 0 Å². The van der Waals surface area contributed by atoms with Gasteiger partial charge in [-0.25, -0.2) is 0 Å². The Morgan fingerprint density at radius 3 is 2.25 bits per heavy atom. The first-order valence-corrected chi connectivity index (χ1v) is 5.72. The van der Waals surface area contributed by atoms with Gasteiger partial charge < -0.3 is 15.2 Å². The molecule has 0 radical (unpaired) electrons. The van der Waals surface area contributed by atoms with Gasteiger partial charge in [0.15, 0.2) is 0 Å². The molecule has 6 nitrogen and oxygen atoms in total. The molecular weight excluding hydrogens is 232 g/mol. The van der Waals surface area contributed by atoms with E-state index >= 15 is 0 Å². The molecular formula is C9H12N2O4S. The number of ether oxygens (including phenoxy) is 2. The minimum absolute atomic E-state index is 0.0216. The number of hydrogen-bond acceptors (Lipinski definition) is 4. The summed E-state index contributed by atoms with van der Waals surface area (Å²) in [5.74, 6) is 0.558. The van der Waals surface area contributed by atoms with Crippen LogP contribution in [-0.2, 0) is 14.8 Å². The number of benzene rings is 1. The fourth-order valence-electron chi connectivity index (χ4n) is 0.956. The van der Waals surface area contributed by atoms with Crippen molar-refractivity contribution in [3.63, 3.8) is 0 Å². The molecule has 0 aliphatic rings. The van der Waals surface area contributed by atoms with Gasteiger partial charge in [-0.05, 0) is 24.3 Å². The maximum atomic E-state index is 11.6. The molecule has 0 atom stereocenters. The largest absolute Gasteiger partial charge is 0.497 e. The summed E-state index contributed by atoms with van der Waals surface area (Å²) in [5, 5.41) is 0. The average molecular weight is 244 g/mol. The number of rotatable bonds is 3. The Hall–Kier alpha value is -1.76. The summed E-state index contributed by atoms with van der Waals surface area (Å²) in [6, 6.07) is 5.38. The van der Waals surface area contributed by atoms with Crippen molar-refractivity contribution in [3.05, 3.63) is 24.3 Å². The molecule has 0 aromatic heterocycles. The van der Waals surface area contributed by atoms with Crippen molar-refractivity contribution in [2.24, 2.45) is 10.1 Å². The first-order valence-electron chi connectivity index (χ1n) is 4.28. The Labute approximate surface area is 93.7 Å². The second kappa shape index (κ2) is 4.84. The van der Waals surface area contributed by atoms with Gasteiger partial charge in [0.1, 0.15) is 5.75 Å². The van der Waals surface area contributed by atoms with Gasteiger partial charge in [-0.1, -0.05) is 0 Å². The minimum Gasteiger partial charge on any atom is -0.497 e. The molecule has 16 heavy (non-hydrogen) atoms. The molecule has 0 spiro atoms. The normalized spacial score (nSPS) is 12.2. The van der Waals surface area contributed by atoms with Crippen LogP contribution in [0.5, 0.6) is 5.75 Å². The van der Waals surface area contributed by atoms with Crippen LogP contribution >= 0.6 is 0 Å². The predicted molar refractivity (Wildman–Crippen MR) is 58.8 cm³/mol. The van der Waals surface area contributed by atoms with Gasteiger partial charge in [0, 0.05) is 0 Å². The lowest BCUT2D eigenvalue weighted by Gasteiger charge is -2.02. The van der Waals surface area contributed by atoms with Crippen LogP contribution in [0, 0.1) is 0 Å². The molecule has 0 saturated carbocycles. The van der Waals surface area contributed by atoms with E-state index in [0.29, 0.717) is 5.75 Å². The minimum atomic E-state index is -3.81. The van der Waals surface area contributed by atoms with Crippen LogP contribution in [0.4, 0.5) is 0 Å². The molecule has 1 rings (SSSR count). The third-order valence-corrected chi connectivity index (χ3v) is 3.06. The standard InChI is InChI=1S/C9H12N2O4S/c1-14-7-3-5-8(6-4-7)16(12,13)11-9(10)15-2/h3-6H,1-2H3,(H2,10,11). The van der Waals surface area contributed by atoms with Gasteiger partial charge in [-0.2, -0.15) is 8.42 Å². The molecule has 0 amide bonds. The quantitative estimate of drug-likeness (QED) is 0.611. The van der Waals surface area contributed by atoms with Gasteiger partial charge >= 0.3 is 0 Å². The van der Waals surface area contributed by atoms with Crippen LogP contribution < -0.4 is 10.5 Å². The fraction of sp³-hybridized carbons (Fsp3) is 0.222. The van der Waals surface area contributed by atoms with Gasteiger partial charge in [0.2, 0.25) is 0 Å². The highest BCUT2D eigenvalue weighted by Gasteiger charge is 2.13. The SMILES string of the molecule is CO/C(N)=N\S(=O)(=O)c1ccc(OC)cc1. The highest BCUT2D eigenvalue weighted by atomic mass is 32.2. The summed E-state index contributed by atoms with van der Waals surface area (Å²) in [7, 11) is -1.09. The molecule has 0 heterocycles. The highest BCUT2D eigenvalue weighted by molar-refractivity contribution is 7.90. The Morgan fingerprint density at radius 2 is 1.81 bits per heavy atom. The zero-order valence-corrected chi connectivity index (χ0v) is 9.69. The van der Waals surface area contributed by atoms with E-state index in [-0.39, 0.29) is 4.90 Å². The number of nitrogens with zero attached hydrogens (tertiary/aromatic N) is 1. The van der Waals surface area contributed by atoms with Crippen LogP contribution in [-0.4, -0.2) is 28.7 Å². The van der Waals surface area contributed by atoms with Crippen molar-refractivity contribution in [1.82, 2.24) is 0 Å². The Kier molecular flexibility index (Phi) is 3.73. The van der Waals surface area contributed by atoms with Crippen LogP contribution in [0.1, 0.15) is 0 Å². The van der Waals surface area contributed by atoms with Crippen molar-refractivity contribution in [1.29, 1.82) is 0 Å². The molecule has 0 saturated heterocycles. The van der Waals surface area contributed by atoms with Gasteiger partial charge in [-0.15, -0.1) is 4.40 Å². The summed E-state index contributed by atoms with van der Waals surface area (Å²) >= 11 is 0.